The minimum Gasteiger partial charge on any atom is -0.406 e. The number of hydrogen-bond donors (Lipinski definition) is 10. The Morgan fingerprint density at radius 1 is 0.426 bits per heavy atom. The lowest BCUT2D eigenvalue weighted by molar-refractivity contribution is -0.275. The first-order valence-corrected chi connectivity index (χ1v) is 39.6. The van der Waals surface area contributed by atoms with Crippen molar-refractivity contribution in [2.75, 3.05) is 5.32 Å². The Morgan fingerprint density at radius 2 is 0.803 bits per heavy atom. The summed E-state index contributed by atoms with van der Waals surface area (Å²) in [5.41, 5.74) is 10.3. The molecular formula is C89H81Cl2F9N14O8. The summed E-state index contributed by atoms with van der Waals surface area (Å²) in [5.74, 6) is -2.02. The van der Waals surface area contributed by atoms with Crippen LogP contribution in [0.15, 0.2) is 231 Å². The van der Waals surface area contributed by atoms with Gasteiger partial charge in [0.05, 0.1) is 41.1 Å². The highest BCUT2D eigenvalue weighted by Gasteiger charge is 2.48. The van der Waals surface area contributed by atoms with E-state index in [0.717, 1.165) is 95.8 Å². The summed E-state index contributed by atoms with van der Waals surface area (Å²) in [6.07, 6.45) is 1.54. The maximum Gasteiger partial charge on any atom is 0.573 e. The van der Waals surface area contributed by atoms with Crippen LogP contribution in [-0.2, 0) is 41.9 Å². The first kappa shape index (κ1) is 85.3. The molecule has 3 atom stereocenters. The Labute approximate surface area is 701 Å². The molecule has 0 spiro atoms. The van der Waals surface area contributed by atoms with Gasteiger partial charge in [0.25, 0.3) is 23.6 Å². The molecule has 0 bridgehead atoms. The van der Waals surface area contributed by atoms with E-state index in [-0.39, 0.29) is 92.9 Å². The van der Waals surface area contributed by atoms with Gasteiger partial charge in [-0.15, -0.1) is 39.5 Å². The van der Waals surface area contributed by atoms with E-state index in [1.54, 1.807) is 28.8 Å². The summed E-state index contributed by atoms with van der Waals surface area (Å²) in [6.45, 7) is 3.66. The van der Waals surface area contributed by atoms with Gasteiger partial charge in [-0.1, -0.05) is 127 Å². The molecule has 122 heavy (non-hydrogen) atoms. The van der Waals surface area contributed by atoms with Crippen LogP contribution in [0, 0.1) is 0 Å². The molecule has 8 aromatic carbocycles. The van der Waals surface area contributed by atoms with E-state index in [1.807, 2.05) is 155 Å². The van der Waals surface area contributed by atoms with Crippen LogP contribution in [0.2, 0.25) is 10.0 Å². The van der Waals surface area contributed by atoms with Crippen molar-refractivity contribution in [1.82, 2.24) is 66.1 Å². The Morgan fingerprint density at radius 3 is 1.22 bits per heavy atom. The van der Waals surface area contributed by atoms with Crippen LogP contribution in [-0.4, -0.2) is 94.2 Å². The number of carbonyl (C=O) groups excluding carboxylic acids is 5. The average molecular weight is 1720 g/mol. The molecule has 14 aromatic rings. The van der Waals surface area contributed by atoms with Gasteiger partial charge in [0.1, 0.15) is 46.1 Å². The number of fused-ring (bicyclic) bond motifs is 5. The van der Waals surface area contributed by atoms with E-state index < -0.39 is 19.1 Å². The molecule has 0 radical (unpaired) electrons. The highest BCUT2D eigenvalue weighted by molar-refractivity contribution is 6.31. The fraction of sp³-hybridized carbons (Fsp3) is 0.247. The molecule has 0 saturated heterocycles. The quantitative estimate of drug-likeness (QED) is 0.0361. The van der Waals surface area contributed by atoms with Crippen LogP contribution in [0.4, 0.5) is 45.2 Å². The number of alkyl halides is 9. The first-order chi connectivity index (χ1) is 58.1. The van der Waals surface area contributed by atoms with Crippen molar-refractivity contribution >= 4 is 102 Å². The lowest BCUT2D eigenvalue weighted by Gasteiger charge is -2.29. The number of benzene rings is 8. The third-order valence-corrected chi connectivity index (χ3v) is 21.8. The number of nitrogens with zero attached hydrogens (tertiary/aromatic N) is 4. The number of amides is 5. The SMILES string of the molecule is CC(NC(=O)c1cc2cc(OC(F)(F)F)ccc2[nH]1)c1cnn(C)c1.C[C@@H](NC(=O)c1cc2cc(OC(F)(F)F)ccc2[nH]1)c1ccccc1.Cn1cc(C2(NC(=O)c3cc4cc(Cl)ccc4[nH]3)CCCC2)cn1.O=C(NC1(c2ccccc2)CC1)C1Cc2cc(Cl)ccc2N1.O=C(NC1(c2ccccc2)CC1)c1cc2cc(OC(F)(F)F)ccc2[nH]1. The number of anilines is 1. The van der Waals surface area contributed by atoms with Gasteiger partial charge in [-0.25, -0.2) is 0 Å². The number of rotatable bonds is 18. The fourth-order valence-electron chi connectivity index (χ4n) is 14.9. The van der Waals surface area contributed by atoms with Crippen molar-refractivity contribution in [2.45, 2.75) is 125 Å². The van der Waals surface area contributed by atoms with E-state index >= 15 is 0 Å². The molecule has 22 nitrogen and oxygen atoms in total. The summed E-state index contributed by atoms with van der Waals surface area (Å²) < 4.78 is 126. The van der Waals surface area contributed by atoms with E-state index in [4.69, 9.17) is 23.2 Å². The molecule has 2 unspecified atom stereocenters. The number of carbonyl (C=O) groups is 5. The van der Waals surface area contributed by atoms with Crippen LogP contribution < -0.4 is 46.1 Å². The number of aromatic amines is 4. The van der Waals surface area contributed by atoms with Crippen molar-refractivity contribution < 1.29 is 77.7 Å². The second-order valence-corrected chi connectivity index (χ2v) is 31.2. The molecule has 632 valence electrons. The molecule has 3 fully saturated rings. The molecule has 4 aliphatic rings. The van der Waals surface area contributed by atoms with Crippen molar-refractivity contribution in [3.05, 3.63) is 297 Å². The minimum absolute atomic E-state index is 0.0636. The molecule has 6 aromatic heterocycles. The van der Waals surface area contributed by atoms with Crippen molar-refractivity contribution in [2.24, 2.45) is 14.1 Å². The summed E-state index contributed by atoms with van der Waals surface area (Å²) >= 11 is 12.0. The molecule has 33 heteroatoms. The van der Waals surface area contributed by atoms with Gasteiger partial charge < -0.3 is 66.0 Å². The number of hydrogen-bond acceptors (Lipinski definition) is 11. The molecule has 18 rings (SSSR count). The van der Waals surface area contributed by atoms with Gasteiger partial charge in [0.2, 0.25) is 5.91 Å². The summed E-state index contributed by atoms with van der Waals surface area (Å²) in [6, 6.07) is 57.9. The third-order valence-electron chi connectivity index (χ3n) is 21.3. The average Bonchev–Trinajstić information content (AvgIpc) is 1.61. The molecule has 3 saturated carbocycles. The van der Waals surface area contributed by atoms with Gasteiger partial charge >= 0.3 is 19.1 Å². The predicted octanol–water partition coefficient (Wildman–Crippen LogP) is 19.6. The van der Waals surface area contributed by atoms with Gasteiger partial charge in [-0.2, -0.15) is 10.2 Å². The van der Waals surface area contributed by atoms with Crippen molar-refractivity contribution in [3.8, 4) is 17.2 Å². The normalized spacial score (nSPS) is 15.6. The van der Waals surface area contributed by atoms with Crippen molar-refractivity contribution in [1.29, 1.82) is 0 Å². The topological polar surface area (TPSA) is 284 Å². The van der Waals surface area contributed by atoms with Crippen LogP contribution in [0.5, 0.6) is 17.2 Å². The number of halogens is 11. The van der Waals surface area contributed by atoms with E-state index in [0.29, 0.717) is 60.6 Å². The van der Waals surface area contributed by atoms with Crippen LogP contribution in [0.3, 0.4) is 0 Å². The number of H-pyrrole nitrogens is 4. The smallest absolute Gasteiger partial charge is 0.406 e. The molecule has 1 aliphatic heterocycles. The van der Waals surface area contributed by atoms with Gasteiger partial charge in [0, 0.05) is 103 Å². The Bertz CT molecular complexity index is 6110. The maximum atomic E-state index is 12.8. The Hall–Kier alpha value is -13.2. The summed E-state index contributed by atoms with van der Waals surface area (Å²) in [5, 5.41) is 30.5. The third kappa shape index (κ3) is 21.3. The van der Waals surface area contributed by atoms with Crippen molar-refractivity contribution in [3.63, 3.8) is 0 Å². The van der Waals surface area contributed by atoms with Crippen LogP contribution in [0.1, 0.15) is 153 Å². The van der Waals surface area contributed by atoms with E-state index in [9.17, 15) is 63.5 Å². The van der Waals surface area contributed by atoms with Gasteiger partial charge in [-0.05, 0) is 190 Å². The monoisotopic (exact) mass is 1710 g/mol. The fourth-order valence-corrected chi connectivity index (χ4v) is 15.3. The second-order valence-electron chi connectivity index (χ2n) is 30.3. The standard InChI is InChI=1S/C19H15F3N2O2.C18H19ClN4O.C18H17ClN2O.C18H15F3N2O2.C16H15F3N4O2/c20-19(21,22)26-14-6-7-15-12(10-14)11-16(23-15)17(25)24-18(8-9-18)13-4-2-1-3-5-13;1-23-11-13(10-20-23)18(6-2-3-7-18)22-17(24)16-9-12-8-14(19)4-5-15(12)21-16;19-14-6-7-15-12(10-14)11-16(20-15)17(22)21-18(8-9-18)13-4-2-1-3-5-13;1-11(12-5-3-2-4-6-12)22-17(24)16-10-13-9-14(25-18(19,20)21)7-8-15(13)23-16;1-9(11-7-20-23(2)8-11)21-15(24)14-6-10-5-12(25-16(17,18)19)3-4-13(10)22-14/h1-7,10-11,23H,8-9H2,(H,24,25);4-5,8-11,21H,2-3,6-7H2,1H3,(H,22,24);1-7,10,16,20H,8-9,11H2,(H,21,22);2-11,23H,1H3,(H,22,24);3-9,22H,1-2H3,(H,21,24)/t;;;11-;/m...1./s1. The van der Waals surface area contributed by atoms with Gasteiger partial charge in [0.15, 0.2) is 0 Å². The lowest BCUT2D eigenvalue weighted by atomic mass is 9.90. The van der Waals surface area contributed by atoms with Gasteiger partial charge in [-0.3, -0.25) is 33.3 Å². The Balaban J connectivity index is 0.000000125. The number of aromatic nitrogens is 8. The zero-order chi connectivity index (χ0) is 86.5. The zero-order valence-electron chi connectivity index (χ0n) is 65.7. The molecule has 3 aliphatic carbocycles. The second kappa shape index (κ2) is 35.3. The minimum atomic E-state index is -4.76. The molecule has 10 N–H and O–H groups in total. The molecular weight excluding hydrogens is 1630 g/mol. The maximum absolute atomic E-state index is 12.8. The highest BCUT2D eigenvalue weighted by Crippen LogP contribution is 2.47. The zero-order valence-corrected chi connectivity index (χ0v) is 67.3. The van der Waals surface area contributed by atoms with E-state index in [2.05, 4.69) is 88.4 Å². The van der Waals surface area contributed by atoms with Crippen LogP contribution in [0.25, 0.3) is 43.6 Å². The number of ether oxygens (including phenoxy) is 3. The largest absolute Gasteiger partial charge is 0.573 e. The first-order valence-electron chi connectivity index (χ1n) is 38.8. The van der Waals surface area contributed by atoms with E-state index in [1.165, 1.54) is 78.4 Å². The lowest BCUT2D eigenvalue weighted by Crippen LogP contribution is -2.44. The molecule has 7 heterocycles. The number of aryl methyl sites for hydroxylation is 2. The van der Waals surface area contributed by atoms with Crippen LogP contribution >= 0.6 is 23.2 Å². The Kier molecular flexibility index (Phi) is 24.6. The summed E-state index contributed by atoms with van der Waals surface area (Å²) in [4.78, 5) is 74.6. The number of nitrogens with one attached hydrogen (secondary N) is 10. The summed E-state index contributed by atoms with van der Waals surface area (Å²) in [7, 11) is 3.67. The predicted molar refractivity (Wildman–Crippen MR) is 443 cm³/mol. The molecule has 5 amide bonds. The highest BCUT2D eigenvalue weighted by atomic mass is 35.5.